The lowest BCUT2D eigenvalue weighted by molar-refractivity contribution is 0.281. The van der Waals surface area contributed by atoms with E-state index in [0.29, 0.717) is 26.2 Å². The van der Waals surface area contributed by atoms with Crippen LogP contribution in [0.2, 0.25) is 0 Å². The van der Waals surface area contributed by atoms with Crippen LogP contribution in [-0.2, 0) is 16.6 Å². The van der Waals surface area contributed by atoms with Crippen LogP contribution >= 0.6 is 0 Å². The molecule has 1 saturated heterocycles. The Bertz CT molecular complexity index is 510. The third-order valence-electron chi connectivity index (χ3n) is 3.05. The number of aliphatic hydroxyl groups is 1. The molecule has 0 saturated carbocycles. The first-order valence-corrected chi connectivity index (χ1v) is 7.62. The third-order valence-corrected chi connectivity index (χ3v) is 4.35. The highest BCUT2D eigenvalue weighted by molar-refractivity contribution is 7.88. The monoisotopic (exact) mass is 271 g/mol. The minimum atomic E-state index is -3.11. The largest absolute Gasteiger partial charge is 0.392 e. The number of rotatable bonds is 3. The number of hydrogen-bond donors (Lipinski definition) is 1. The van der Waals surface area contributed by atoms with Crippen LogP contribution in [0.4, 0.5) is 5.82 Å². The molecule has 2 rings (SSSR count). The molecule has 0 spiro atoms. The zero-order valence-electron chi connectivity index (χ0n) is 10.3. The summed E-state index contributed by atoms with van der Waals surface area (Å²) in [6.45, 7) is 2.05. The van der Waals surface area contributed by atoms with Gasteiger partial charge in [0, 0.05) is 37.9 Å². The quantitative estimate of drug-likeness (QED) is 0.814. The molecule has 0 aliphatic carbocycles. The van der Waals surface area contributed by atoms with Crippen molar-refractivity contribution in [1.82, 2.24) is 9.29 Å². The zero-order chi connectivity index (χ0) is 13.2. The summed E-state index contributed by atoms with van der Waals surface area (Å²) in [6, 6.07) is 3.60. The number of aliphatic hydroxyl groups excluding tert-OH is 1. The molecular formula is C11H17N3O3S. The first-order chi connectivity index (χ1) is 8.52. The van der Waals surface area contributed by atoms with Gasteiger partial charge in [0.2, 0.25) is 10.0 Å². The number of anilines is 1. The van der Waals surface area contributed by atoms with Crippen molar-refractivity contribution in [1.29, 1.82) is 0 Å². The Labute approximate surface area is 107 Å². The molecule has 1 aliphatic heterocycles. The third kappa shape index (κ3) is 2.80. The Hall–Kier alpha value is -1.18. The van der Waals surface area contributed by atoms with Crippen LogP contribution in [0.15, 0.2) is 18.3 Å². The smallest absolute Gasteiger partial charge is 0.211 e. The van der Waals surface area contributed by atoms with Gasteiger partial charge in [0.05, 0.1) is 12.9 Å². The van der Waals surface area contributed by atoms with E-state index in [4.69, 9.17) is 0 Å². The van der Waals surface area contributed by atoms with E-state index in [1.807, 2.05) is 11.0 Å². The Kier molecular flexibility index (Phi) is 3.84. The molecule has 1 N–H and O–H groups in total. The molecule has 1 fully saturated rings. The van der Waals surface area contributed by atoms with Crippen molar-refractivity contribution in [2.24, 2.45) is 0 Å². The van der Waals surface area contributed by atoms with E-state index in [1.54, 1.807) is 12.3 Å². The molecule has 0 bridgehead atoms. The maximum absolute atomic E-state index is 11.4. The van der Waals surface area contributed by atoms with Gasteiger partial charge in [-0.2, -0.15) is 4.31 Å². The normalized spacial score (nSPS) is 18.0. The van der Waals surface area contributed by atoms with Gasteiger partial charge < -0.3 is 10.0 Å². The van der Waals surface area contributed by atoms with E-state index >= 15 is 0 Å². The number of nitrogens with zero attached hydrogens (tertiary/aromatic N) is 3. The number of hydrogen-bond acceptors (Lipinski definition) is 5. The van der Waals surface area contributed by atoms with Crippen molar-refractivity contribution in [3.05, 3.63) is 23.9 Å². The fourth-order valence-electron chi connectivity index (χ4n) is 2.07. The SMILES string of the molecule is CS(=O)(=O)N1CCN(c2ncccc2CO)CC1. The van der Waals surface area contributed by atoms with Gasteiger partial charge in [-0.1, -0.05) is 6.07 Å². The summed E-state index contributed by atoms with van der Waals surface area (Å²) in [4.78, 5) is 6.27. The van der Waals surface area contributed by atoms with Gasteiger partial charge in [0.1, 0.15) is 5.82 Å². The highest BCUT2D eigenvalue weighted by Gasteiger charge is 2.24. The Morgan fingerprint density at radius 1 is 1.33 bits per heavy atom. The predicted octanol–water partition coefficient (Wildman–Crippen LogP) is -0.345. The molecule has 100 valence electrons. The Balaban J connectivity index is 2.10. The van der Waals surface area contributed by atoms with Crippen molar-refractivity contribution < 1.29 is 13.5 Å². The number of pyridine rings is 1. The molecule has 2 heterocycles. The van der Waals surface area contributed by atoms with E-state index in [0.717, 1.165) is 11.4 Å². The lowest BCUT2D eigenvalue weighted by Gasteiger charge is -2.34. The minimum absolute atomic E-state index is 0.0601. The number of sulfonamides is 1. The Morgan fingerprint density at radius 2 is 2.00 bits per heavy atom. The summed E-state index contributed by atoms with van der Waals surface area (Å²) in [6.07, 6.45) is 2.90. The molecule has 0 amide bonds. The zero-order valence-corrected chi connectivity index (χ0v) is 11.1. The molecule has 0 aromatic carbocycles. The van der Waals surface area contributed by atoms with Gasteiger partial charge in [-0.3, -0.25) is 0 Å². The minimum Gasteiger partial charge on any atom is -0.392 e. The van der Waals surface area contributed by atoms with Gasteiger partial charge >= 0.3 is 0 Å². The first kappa shape index (κ1) is 13.3. The van der Waals surface area contributed by atoms with Crippen LogP contribution < -0.4 is 4.90 Å². The molecule has 0 radical (unpaired) electrons. The molecule has 1 aromatic rings. The second-order valence-electron chi connectivity index (χ2n) is 4.29. The van der Waals surface area contributed by atoms with Crippen LogP contribution in [0.5, 0.6) is 0 Å². The van der Waals surface area contributed by atoms with Crippen molar-refractivity contribution >= 4 is 15.8 Å². The highest BCUT2D eigenvalue weighted by Crippen LogP contribution is 2.19. The van der Waals surface area contributed by atoms with Crippen molar-refractivity contribution in [3.63, 3.8) is 0 Å². The van der Waals surface area contributed by atoms with E-state index in [1.165, 1.54) is 10.6 Å². The lowest BCUT2D eigenvalue weighted by Crippen LogP contribution is -2.48. The number of aromatic nitrogens is 1. The van der Waals surface area contributed by atoms with Crippen LogP contribution in [-0.4, -0.2) is 55.2 Å². The fraction of sp³-hybridized carbons (Fsp3) is 0.545. The second-order valence-corrected chi connectivity index (χ2v) is 6.28. The van der Waals surface area contributed by atoms with Crippen molar-refractivity contribution in [3.8, 4) is 0 Å². The van der Waals surface area contributed by atoms with E-state index in [2.05, 4.69) is 4.98 Å². The van der Waals surface area contributed by atoms with Crippen LogP contribution in [0.3, 0.4) is 0 Å². The molecule has 1 aromatic heterocycles. The lowest BCUT2D eigenvalue weighted by atomic mass is 10.2. The molecule has 0 unspecified atom stereocenters. The second kappa shape index (κ2) is 5.21. The first-order valence-electron chi connectivity index (χ1n) is 5.77. The van der Waals surface area contributed by atoms with Crippen LogP contribution in [0.25, 0.3) is 0 Å². The topological polar surface area (TPSA) is 73.7 Å². The predicted molar refractivity (Wildman–Crippen MR) is 68.8 cm³/mol. The number of piperazine rings is 1. The standard InChI is InChI=1S/C11H17N3O3S/c1-18(16,17)14-7-5-13(6-8-14)11-10(9-15)3-2-4-12-11/h2-4,15H,5-9H2,1H3. The molecule has 1 aliphatic rings. The highest BCUT2D eigenvalue weighted by atomic mass is 32.2. The van der Waals surface area contributed by atoms with E-state index in [9.17, 15) is 13.5 Å². The van der Waals surface area contributed by atoms with Gasteiger partial charge in [0.25, 0.3) is 0 Å². The molecular weight excluding hydrogens is 254 g/mol. The molecule has 18 heavy (non-hydrogen) atoms. The average Bonchev–Trinajstić information content (AvgIpc) is 2.38. The van der Waals surface area contributed by atoms with Crippen LogP contribution in [0.1, 0.15) is 5.56 Å². The van der Waals surface area contributed by atoms with Gasteiger partial charge in [-0.15, -0.1) is 0 Å². The summed E-state index contributed by atoms with van der Waals surface area (Å²) in [5.74, 6) is 0.744. The maximum Gasteiger partial charge on any atom is 0.211 e. The Morgan fingerprint density at radius 3 is 2.56 bits per heavy atom. The summed E-state index contributed by atoms with van der Waals surface area (Å²) in [5.41, 5.74) is 0.769. The van der Waals surface area contributed by atoms with Crippen molar-refractivity contribution in [2.75, 3.05) is 37.3 Å². The molecule has 0 atom stereocenters. The fourth-order valence-corrected chi connectivity index (χ4v) is 2.90. The average molecular weight is 271 g/mol. The summed E-state index contributed by atoms with van der Waals surface area (Å²) in [5, 5.41) is 9.26. The summed E-state index contributed by atoms with van der Waals surface area (Å²) in [7, 11) is -3.11. The van der Waals surface area contributed by atoms with Crippen molar-refractivity contribution in [2.45, 2.75) is 6.61 Å². The molecule has 6 nitrogen and oxygen atoms in total. The maximum atomic E-state index is 11.4. The summed E-state index contributed by atoms with van der Waals surface area (Å²) >= 11 is 0. The van der Waals surface area contributed by atoms with E-state index in [-0.39, 0.29) is 6.61 Å². The van der Waals surface area contributed by atoms with E-state index < -0.39 is 10.0 Å². The van der Waals surface area contributed by atoms with Gasteiger partial charge in [-0.05, 0) is 6.07 Å². The molecule has 7 heteroatoms. The van der Waals surface area contributed by atoms with Gasteiger partial charge in [0.15, 0.2) is 0 Å². The summed E-state index contributed by atoms with van der Waals surface area (Å²) < 4.78 is 24.3. The van der Waals surface area contributed by atoms with Crippen LogP contribution in [0, 0.1) is 0 Å². The van der Waals surface area contributed by atoms with Gasteiger partial charge in [-0.25, -0.2) is 13.4 Å².